The van der Waals surface area contributed by atoms with E-state index >= 15 is 0 Å². The van der Waals surface area contributed by atoms with Crippen molar-refractivity contribution in [2.75, 3.05) is 6.61 Å². The molecule has 1 N–H and O–H groups in total. The van der Waals surface area contributed by atoms with E-state index in [0.29, 0.717) is 17.0 Å². The Morgan fingerprint density at radius 3 is 2.78 bits per heavy atom. The number of nitrogens with one attached hydrogen (secondary N) is 1. The largest absolute Gasteiger partial charge is 0.436 e. The second-order valence-electron chi connectivity index (χ2n) is 7.62. The van der Waals surface area contributed by atoms with Gasteiger partial charge >= 0.3 is 0 Å². The Morgan fingerprint density at radius 2 is 2.00 bits per heavy atom. The number of nitrogens with zero attached hydrogens (tertiary/aromatic N) is 1. The molecule has 0 bridgehead atoms. The Hall–Kier alpha value is -2.66. The normalized spacial score (nSPS) is 21.1. The molecular weight excluding hydrogens is 340 g/mol. The van der Waals surface area contributed by atoms with Gasteiger partial charge in [0.15, 0.2) is 5.58 Å². The molecule has 2 aliphatic rings. The molecule has 2 fully saturated rings. The summed E-state index contributed by atoms with van der Waals surface area (Å²) in [6, 6.07) is 15.4. The number of amides is 1. The first-order chi connectivity index (χ1) is 13.2. The van der Waals surface area contributed by atoms with Crippen LogP contribution in [-0.4, -0.2) is 29.1 Å². The van der Waals surface area contributed by atoms with E-state index in [1.165, 1.54) is 6.42 Å². The fourth-order valence-electron chi connectivity index (χ4n) is 4.11. The number of fused-ring (bicyclic) bond motifs is 1. The van der Waals surface area contributed by atoms with Crippen LogP contribution in [0.3, 0.4) is 0 Å². The lowest BCUT2D eigenvalue weighted by atomic mass is 9.74. The van der Waals surface area contributed by atoms with Crippen molar-refractivity contribution < 1.29 is 13.9 Å². The van der Waals surface area contributed by atoms with Crippen LogP contribution in [0.25, 0.3) is 22.6 Å². The van der Waals surface area contributed by atoms with Crippen LogP contribution in [0.1, 0.15) is 42.5 Å². The van der Waals surface area contributed by atoms with E-state index < -0.39 is 0 Å². The average Bonchev–Trinajstić information content (AvgIpc) is 3.11. The van der Waals surface area contributed by atoms with Crippen LogP contribution in [0.15, 0.2) is 52.9 Å². The summed E-state index contributed by atoms with van der Waals surface area (Å²) in [5.74, 6) is 0.510. The van der Waals surface area contributed by atoms with Gasteiger partial charge in [-0.25, -0.2) is 4.98 Å². The monoisotopic (exact) mass is 362 g/mol. The Balaban J connectivity index is 1.34. The van der Waals surface area contributed by atoms with Crippen molar-refractivity contribution in [1.82, 2.24) is 10.3 Å². The number of aromatic nitrogens is 1. The van der Waals surface area contributed by atoms with Crippen LogP contribution in [0, 0.1) is 0 Å². The first kappa shape index (κ1) is 16.5. The van der Waals surface area contributed by atoms with Gasteiger partial charge in [0.1, 0.15) is 5.52 Å². The van der Waals surface area contributed by atoms with Gasteiger partial charge in [-0.3, -0.25) is 4.79 Å². The van der Waals surface area contributed by atoms with Gasteiger partial charge in [-0.1, -0.05) is 18.2 Å². The molecule has 5 nitrogen and oxygen atoms in total. The predicted octanol–water partition coefficient (Wildman–Crippen LogP) is 4.33. The zero-order valence-electron chi connectivity index (χ0n) is 15.1. The van der Waals surface area contributed by atoms with Gasteiger partial charge in [0, 0.05) is 23.8 Å². The highest BCUT2D eigenvalue weighted by atomic mass is 16.5. The van der Waals surface area contributed by atoms with Crippen molar-refractivity contribution in [3.8, 4) is 11.5 Å². The summed E-state index contributed by atoms with van der Waals surface area (Å²) >= 11 is 0. The number of benzene rings is 2. The lowest BCUT2D eigenvalue weighted by Crippen LogP contribution is -2.52. The molecule has 1 aromatic heterocycles. The summed E-state index contributed by atoms with van der Waals surface area (Å²) in [6.45, 7) is 0.729. The molecule has 1 saturated carbocycles. The van der Waals surface area contributed by atoms with Crippen molar-refractivity contribution in [2.24, 2.45) is 0 Å². The maximum Gasteiger partial charge on any atom is 0.251 e. The Kier molecular flexibility index (Phi) is 3.97. The molecule has 1 aliphatic carbocycles. The van der Waals surface area contributed by atoms with Crippen molar-refractivity contribution >= 4 is 17.0 Å². The highest BCUT2D eigenvalue weighted by Gasteiger charge is 2.42. The van der Waals surface area contributed by atoms with Gasteiger partial charge in [0.25, 0.3) is 5.91 Å². The number of ether oxygens (including phenoxy) is 1. The number of hydrogen-bond acceptors (Lipinski definition) is 4. The molecule has 2 aromatic carbocycles. The van der Waals surface area contributed by atoms with Gasteiger partial charge < -0.3 is 14.5 Å². The first-order valence-electron chi connectivity index (χ1n) is 9.62. The van der Waals surface area contributed by atoms with Gasteiger partial charge in [-0.2, -0.15) is 0 Å². The smallest absolute Gasteiger partial charge is 0.251 e. The van der Waals surface area contributed by atoms with Crippen molar-refractivity contribution in [3.05, 3.63) is 54.1 Å². The molecule has 2 heterocycles. The van der Waals surface area contributed by atoms with E-state index in [0.717, 1.165) is 43.4 Å². The third-order valence-electron chi connectivity index (χ3n) is 5.76. The lowest BCUT2D eigenvalue weighted by Gasteiger charge is -2.47. The SMILES string of the molecule is O=C(NC1CCOC2(CCC2)C1)c1ccc2nc(-c3ccccc3)oc2c1. The second kappa shape index (κ2) is 6.50. The first-order valence-corrected chi connectivity index (χ1v) is 9.62. The van der Waals surface area contributed by atoms with Crippen molar-refractivity contribution in [1.29, 1.82) is 0 Å². The van der Waals surface area contributed by atoms with Crippen LogP contribution in [0.4, 0.5) is 0 Å². The molecule has 27 heavy (non-hydrogen) atoms. The quantitative estimate of drug-likeness (QED) is 0.753. The summed E-state index contributed by atoms with van der Waals surface area (Å²) in [5, 5.41) is 3.18. The van der Waals surface area contributed by atoms with Gasteiger partial charge in [0.2, 0.25) is 5.89 Å². The van der Waals surface area contributed by atoms with E-state index in [4.69, 9.17) is 9.15 Å². The molecule has 138 valence electrons. The maximum absolute atomic E-state index is 12.7. The van der Waals surface area contributed by atoms with Crippen LogP contribution < -0.4 is 5.32 Å². The molecule has 1 spiro atoms. The Labute approximate surface area is 157 Å². The van der Waals surface area contributed by atoms with Gasteiger partial charge in [0.05, 0.1) is 5.60 Å². The highest BCUT2D eigenvalue weighted by Crippen LogP contribution is 2.42. The number of carbonyl (C=O) groups is 1. The molecule has 1 amide bonds. The average molecular weight is 362 g/mol. The molecular formula is C22H22N2O3. The lowest BCUT2D eigenvalue weighted by molar-refractivity contribution is -0.134. The van der Waals surface area contributed by atoms with Crippen LogP contribution in [0.5, 0.6) is 0 Å². The number of oxazole rings is 1. The molecule has 0 radical (unpaired) electrons. The predicted molar refractivity (Wildman–Crippen MR) is 102 cm³/mol. The summed E-state index contributed by atoms with van der Waals surface area (Å²) in [6.07, 6.45) is 5.25. The topological polar surface area (TPSA) is 64.4 Å². The van der Waals surface area contributed by atoms with E-state index in [1.54, 1.807) is 6.07 Å². The van der Waals surface area contributed by atoms with Crippen molar-refractivity contribution in [3.63, 3.8) is 0 Å². The number of carbonyl (C=O) groups excluding carboxylic acids is 1. The molecule has 1 aliphatic heterocycles. The minimum Gasteiger partial charge on any atom is -0.436 e. The van der Waals surface area contributed by atoms with Gasteiger partial charge in [-0.15, -0.1) is 0 Å². The fraction of sp³-hybridized carbons (Fsp3) is 0.364. The summed E-state index contributed by atoms with van der Waals surface area (Å²) in [4.78, 5) is 17.3. The molecule has 1 unspecified atom stereocenters. The summed E-state index contributed by atoms with van der Waals surface area (Å²) in [7, 11) is 0. The van der Waals surface area contributed by atoms with E-state index in [1.807, 2.05) is 42.5 Å². The summed E-state index contributed by atoms with van der Waals surface area (Å²) in [5.41, 5.74) is 2.93. The Bertz CT molecular complexity index is 976. The van der Waals surface area contributed by atoms with Crippen molar-refractivity contribution in [2.45, 2.75) is 43.7 Å². The van der Waals surface area contributed by atoms with E-state index in [2.05, 4.69) is 10.3 Å². The second-order valence-corrected chi connectivity index (χ2v) is 7.62. The van der Waals surface area contributed by atoms with Crippen LogP contribution >= 0.6 is 0 Å². The van der Waals surface area contributed by atoms with E-state index in [9.17, 15) is 4.79 Å². The summed E-state index contributed by atoms with van der Waals surface area (Å²) < 4.78 is 11.8. The zero-order chi connectivity index (χ0) is 18.3. The van der Waals surface area contributed by atoms with E-state index in [-0.39, 0.29) is 17.6 Å². The van der Waals surface area contributed by atoms with Crippen LogP contribution in [0.2, 0.25) is 0 Å². The third kappa shape index (κ3) is 3.12. The fourth-order valence-corrected chi connectivity index (χ4v) is 4.11. The molecule has 3 aromatic rings. The maximum atomic E-state index is 12.7. The molecule has 1 atom stereocenters. The molecule has 1 saturated heterocycles. The highest BCUT2D eigenvalue weighted by molar-refractivity contribution is 5.97. The number of hydrogen-bond donors (Lipinski definition) is 1. The number of rotatable bonds is 3. The van der Waals surface area contributed by atoms with Gasteiger partial charge in [-0.05, 0) is 62.4 Å². The zero-order valence-corrected chi connectivity index (χ0v) is 15.1. The third-order valence-corrected chi connectivity index (χ3v) is 5.76. The minimum atomic E-state index is -0.0593. The van der Waals surface area contributed by atoms with Crippen LogP contribution in [-0.2, 0) is 4.74 Å². The molecule has 5 heteroatoms. The minimum absolute atomic E-state index is 0.0235. The standard InChI is InChI=1S/C22H22N2O3/c25-20(23-17-9-12-26-22(14-17)10-4-11-22)16-7-8-18-19(13-16)27-21(24-18)15-5-2-1-3-6-15/h1-3,5-8,13,17H,4,9-12,14H2,(H,23,25). The molecule has 5 rings (SSSR count). The Morgan fingerprint density at radius 1 is 1.15 bits per heavy atom.